The first-order chi connectivity index (χ1) is 6.91. The standard InChI is InChI=1S/C14H24/c1-3-5-7-9-11-13-14-12-10-8-6-4-2/h5-8,11,13H,3-4,9-10,12,14H2,1-2H3/b7-5+,8-6+,13-11+. The van der Waals surface area contributed by atoms with Crippen LogP contribution in [0.1, 0.15) is 52.4 Å². The van der Waals surface area contributed by atoms with Crippen LogP contribution in [0.2, 0.25) is 0 Å². The summed E-state index contributed by atoms with van der Waals surface area (Å²) in [7, 11) is 0. The highest BCUT2D eigenvalue weighted by atomic mass is 13.9. The molecule has 0 aliphatic heterocycles. The largest absolute Gasteiger partial charge is 0.0888 e. The maximum Gasteiger partial charge on any atom is -0.0169 e. The molecule has 0 spiro atoms. The van der Waals surface area contributed by atoms with Gasteiger partial charge in [-0.25, -0.2) is 0 Å². The predicted octanol–water partition coefficient (Wildman–Crippen LogP) is 5.04. The zero-order valence-electron chi connectivity index (χ0n) is 9.71. The van der Waals surface area contributed by atoms with Gasteiger partial charge < -0.3 is 0 Å². The first kappa shape index (κ1) is 13.2. The molecular weight excluding hydrogens is 168 g/mol. The molecule has 0 heterocycles. The number of allylic oxidation sites excluding steroid dienone is 6. The second-order valence-corrected chi connectivity index (χ2v) is 3.40. The van der Waals surface area contributed by atoms with Gasteiger partial charge in [0.05, 0.1) is 0 Å². The minimum Gasteiger partial charge on any atom is -0.0888 e. The van der Waals surface area contributed by atoms with Crippen LogP contribution in [0.5, 0.6) is 0 Å². The number of unbranched alkanes of at least 4 members (excludes halogenated alkanes) is 2. The van der Waals surface area contributed by atoms with Crippen LogP contribution < -0.4 is 0 Å². The van der Waals surface area contributed by atoms with Crippen molar-refractivity contribution in [3.05, 3.63) is 36.5 Å². The molecule has 0 heteroatoms. The molecule has 0 atom stereocenters. The average molecular weight is 192 g/mol. The van der Waals surface area contributed by atoms with Crippen molar-refractivity contribution in [2.24, 2.45) is 0 Å². The summed E-state index contributed by atoms with van der Waals surface area (Å²) in [6, 6.07) is 0. The van der Waals surface area contributed by atoms with Crippen molar-refractivity contribution in [2.75, 3.05) is 0 Å². The van der Waals surface area contributed by atoms with Gasteiger partial charge in [0.25, 0.3) is 0 Å². The summed E-state index contributed by atoms with van der Waals surface area (Å²) in [4.78, 5) is 0. The molecule has 0 radical (unpaired) electrons. The Morgan fingerprint density at radius 3 is 1.79 bits per heavy atom. The smallest absolute Gasteiger partial charge is 0.0169 e. The normalized spacial score (nSPS) is 12.4. The van der Waals surface area contributed by atoms with Gasteiger partial charge >= 0.3 is 0 Å². The molecule has 0 saturated heterocycles. The number of rotatable bonds is 8. The highest BCUT2D eigenvalue weighted by molar-refractivity contribution is 4.92. The van der Waals surface area contributed by atoms with E-state index in [-0.39, 0.29) is 0 Å². The van der Waals surface area contributed by atoms with Crippen LogP contribution >= 0.6 is 0 Å². The summed E-state index contributed by atoms with van der Waals surface area (Å²) in [5.41, 5.74) is 0. The van der Waals surface area contributed by atoms with Gasteiger partial charge in [0.15, 0.2) is 0 Å². The molecule has 0 aliphatic rings. The van der Waals surface area contributed by atoms with Crippen LogP contribution in [0.3, 0.4) is 0 Å². The minimum absolute atomic E-state index is 1.10. The van der Waals surface area contributed by atoms with E-state index < -0.39 is 0 Å². The molecule has 0 amide bonds. The van der Waals surface area contributed by atoms with E-state index in [1.54, 1.807) is 0 Å². The molecule has 0 fully saturated rings. The van der Waals surface area contributed by atoms with Crippen LogP contribution in [-0.2, 0) is 0 Å². The first-order valence-corrected chi connectivity index (χ1v) is 5.86. The van der Waals surface area contributed by atoms with Gasteiger partial charge in [-0.15, -0.1) is 0 Å². The van der Waals surface area contributed by atoms with Gasteiger partial charge in [-0.1, -0.05) is 50.3 Å². The van der Waals surface area contributed by atoms with Crippen LogP contribution in [-0.4, -0.2) is 0 Å². The van der Waals surface area contributed by atoms with E-state index in [4.69, 9.17) is 0 Å². The van der Waals surface area contributed by atoms with Gasteiger partial charge in [-0.05, 0) is 38.5 Å². The fourth-order valence-electron chi connectivity index (χ4n) is 1.19. The van der Waals surface area contributed by atoms with Gasteiger partial charge in [-0.3, -0.25) is 0 Å². The molecular formula is C14H24. The summed E-state index contributed by atoms with van der Waals surface area (Å²) in [5, 5.41) is 0. The number of hydrogen-bond acceptors (Lipinski definition) is 0. The van der Waals surface area contributed by atoms with E-state index in [2.05, 4.69) is 50.3 Å². The quantitative estimate of drug-likeness (QED) is 0.373. The Bertz CT molecular complexity index is 172. The Balaban J connectivity index is 3.18. The van der Waals surface area contributed by atoms with Crippen molar-refractivity contribution < 1.29 is 0 Å². The van der Waals surface area contributed by atoms with E-state index in [0.717, 1.165) is 19.3 Å². The zero-order chi connectivity index (χ0) is 10.5. The second-order valence-electron chi connectivity index (χ2n) is 3.40. The summed E-state index contributed by atoms with van der Waals surface area (Å²) in [6.45, 7) is 4.34. The lowest BCUT2D eigenvalue weighted by atomic mass is 10.2. The third kappa shape index (κ3) is 11.2. The maximum atomic E-state index is 2.29. The lowest BCUT2D eigenvalue weighted by molar-refractivity contribution is 0.863. The Hall–Kier alpha value is -0.780. The Morgan fingerprint density at radius 2 is 1.14 bits per heavy atom. The number of hydrogen-bond donors (Lipinski definition) is 0. The topological polar surface area (TPSA) is 0 Å². The highest BCUT2D eigenvalue weighted by Gasteiger charge is 1.79. The molecule has 0 N–H and O–H groups in total. The maximum absolute atomic E-state index is 2.29. The molecule has 0 bridgehead atoms. The summed E-state index contributed by atoms with van der Waals surface area (Å²) in [6.07, 6.45) is 20.7. The van der Waals surface area contributed by atoms with Crippen LogP contribution in [0.25, 0.3) is 0 Å². The van der Waals surface area contributed by atoms with Crippen molar-refractivity contribution in [2.45, 2.75) is 52.4 Å². The molecule has 0 unspecified atom stereocenters. The third-order valence-corrected chi connectivity index (χ3v) is 1.99. The molecule has 0 aliphatic carbocycles. The molecule has 0 aromatic rings. The molecule has 80 valence electrons. The average Bonchev–Trinajstić information content (AvgIpc) is 2.21. The van der Waals surface area contributed by atoms with Gasteiger partial charge in [0.2, 0.25) is 0 Å². The Morgan fingerprint density at radius 1 is 0.643 bits per heavy atom. The Labute approximate surface area is 89.4 Å². The van der Waals surface area contributed by atoms with E-state index in [9.17, 15) is 0 Å². The predicted molar refractivity (Wildman–Crippen MR) is 66.5 cm³/mol. The van der Waals surface area contributed by atoms with E-state index in [1.165, 1.54) is 19.3 Å². The summed E-state index contributed by atoms with van der Waals surface area (Å²) in [5.74, 6) is 0. The summed E-state index contributed by atoms with van der Waals surface area (Å²) >= 11 is 0. The molecule has 0 nitrogen and oxygen atoms in total. The lowest BCUT2D eigenvalue weighted by Gasteiger charge is -1.89. The van der Waals surface area contributed by atoms with Crippen molar-refractivity contribution in [1.29, 1.82) is 0 Å². The van der Waals surface area contributed by atoms with Gasteiger partial charge in [0.1, 0.15) is 0 Å². The van der Waals surface area contributed by atoms with Crippen molar-refractivity contribution in [3.8, 4) is 0 Å². The molecule has 0 rings (SSSR count). The SMILES string of the molecule is CC/C=C/C/C=C/CCC/C=C/CC. The van der Waals surface area contributed by atoms with Crippen molar-refractivity contribution in [3.63, 3.8) is 0 Å². The monoisotopic (exact) mass is 192 g/mol. The lowest BCUT2D eigenvalue weighted by Crippen LogP contribution is -1.69. The first-order valence-electron chi connectivity index (χ1n) is 5.86. The summed E-state index contributed by atoms with van der Waals surface area (Å²) < 4.78 is 0. The molecule has 14 heavy (non-hydrogen) atoms. The molecule has 0 aromatic heterocycles. The van der Waals surface area contributed by atoms with Gasteiger partial charge in [0, 0.05) is 0 Å². The van der Waals surface area contributed by atoms with E-state index in [1.807, 2.05) is 0 Å². The molecule has 0 saturated carbocycles. The molecule has 0 aromatic carbocycles. The highest BCUT2D eigenvalue weighted by Crippen LogP contribution is 1.99. The van der Waals surface area contributed by atoms with Crippen molar-refractivity contribution >= 4 is 0 Å². The van der Waals surface area contributed by atoms with E-state index >= 15 is 0 Å². The van der Waals surface area contributed by atoms with Gasteiger partial charge in [-0.2, -0.15) is 0 Å². The second kappa shape index (κ2) is 12.2. The Kier molecular flexibility index (Phi) is 11.5. The van der Waals surface area contributed by atoms with Crippen LogP contribution in [0.15, 0.2) is 36.5 Å². The fraction of sp³-hybridized carbons (Fsp3) is 0.571. The minimum atomic E-state index is 1.10. The van der Waals surface area contributed by atoms with E-state index in [0.29, 0.717) is 0 Å². The zero-order valence-corrected chi connectivity index (χ0v) is 9.71. The third-order valence-electron chi connectivity index (χ3n) is 1.99. The van der Waals surface area contributed by atoms with Crippen LogP contribution in [0.4, 0.5) is 0 Å². The van der Waals surface area contributed by atoms with Crippen molar-refractivity contribution in [1.82, 2.24) is 0 Å². The van der Waals surface area contributed by atoms with Crippen LogP contribution in [0, 0.1) is 0 Å². The fourth-order valence-corrected chi connectivity index (χ4v) is 1.19.